The smallest absolute Gasteiger partial charge is 0.234 e. The largest absolute Gasteiger partial charge is 0.369 e. The highest BCUT2D eigenvalue weighted by atomic mass is 19.1. The van der Waals surface area contributed by atoms with Crippen LogP contribution in [0.3, 0.4) is 0 Å². The third-order valence-electron chi connectivity index (χ3n) is 11.0. The van der Waals surface area contributed by atoms with Gasteiger partial charge in [-0.15, -0.1) is 0 Å². The summed E-state index contributed by atoms with van der Waals surface area (Å²) < 4.78 is 32.5. The lowest BCUT2D eigenvalue weighted by Gasteiger charge is -2.37. The Morgan fingerprint density at radius 2 is 1.68 bits per heavy atom. The number of benzene rings is 2. The van der Waals surface area contributed by atoms with Crippen LogP contribution in [-0.4, -0.2) is 98.1 Å². The average Bonchev–Trinajstić information content (AvgIpc) is 3.79. The van der Waals surface area contributed by atoms with Gasteiger partial charge < -0.3 is 15.1 Å². The molecular weight excluding hydrogens is 678 g/mol. The van der Waals surface area contributed by atoms with Gasteiger partial charge in [0.1, 0.15) is 11.6 Å². The third kappa shape index (κ3) is 7.51. The number of piperazine rings is 1. The molecule has 0 radical (unpaired) electrons. The number of imide groups is 1. The molecule has 0 aliphatic carbocycles. The van der Waals surface area contributed by atoms with Gasteiger partial charge >= 0.3 is 0 Å². The second-order valence-electron chi connectivity index (χ2n) is 14.4. The molecule has 0 bridgehead atoms. The number of fused-ring (bicyclic) bond motifs is 1. The van der Waals surface area contributed by atoms with Gasteiger partial charge in [0.25, 0.3) is 0 Å². The molecule has 3 aromatic heterocycles. The van der Waals surface area contributed by atoms with Gasteiger partial charge in [-0.1, -0.05) is 12.1 Å². The zero-order valence-electron chi connectivity index (χ0n) is 29.8. The van der Waals surface area contributed by atoms with Crippen molar-refractivity contribution >= 4 is 34.7 Å². The minimum Gasteiger partial charge on any atom is -0.369 e. The van der Waals surface area contributed by atoms with Gasteiger partial charge in [-0.25, -0.2) is 18.7 Å². The van der Waals surface area contributed by atoms with E-state index in [0.29, 0.717) is 41.6 Å². The number of aryl methyl sites for hydroxylation is 1. The fourth-order valence-corrected chi connectivity index (χ4v) is 7.87. The topological polar surface area (TPSA) is 116 Å². The van der Waals surface area contributed by atoms with Crippen LogP contribution in [0, 0.1) is 18.6 Å². The maximum Gasteiger partial charge on any atom is 0.234 e. The van der Waals surface area contributed by atoms with Crippen LogP contribution in [0.5, 0.6) is 0 Å². The number of halogens is 2. The number of nitrogens with zero attached hydrogens (tertiary/aromatic N) is 8. The second kappa shape index (κ2) is 15.0. The zero-order chi connectivity index (χ0) is 36.5. The third-order valence-corrected chi connectivity index (χ3v) is 11.0. The molecule has 3 fully saturated rings. The molecule has 276 valence electrons. The molecule has 6 heterocycles. The number of likely N-dealkylation sites (tertiary alicyclic amines) is 1. The predicted octanol–water partition coefficient (Wildman–Crippen LogP) is 5.29. The maximum atomic E-state index is 14.7. The lowest BCUT2D eigenvalue weighted by Crippen LogP contribution is -2.48. The van der Waals surface area contributed by atoms with Crippen molar-refractivity contribution in [3.63, 3.8) is 0 Å². The van der Waals surface area contributed by atoms with Crippen LogP contribution in [0.2, 0.25) is 0 Å². The van der Waals surface area contributed by atoms with Crippen molar-refractivity contribution in [3.8, 4) is 11.3 Å². The second-order valence-corrected chi connectivity index (χ2v) is 14.4. The number of piperidine rings is 1. The summed E-state index contributed by atoms with van der Waals surface area (Å²) in [6.07, 6.45) is 12.9. The van der Waals surface area contributed by atoms with Gasteiger partial charge in [0.15, 0.2) is 11.5 Å². The minimum absolute atomic E-state index is 0.185. The molecule has 3 aliphatic heterocycles. The number of amides is 2. The first-order valence-corrected chi connectivity index (χ1v) is 18.5. The molecule has 5 aromatic rings. The van der Waals surface area contributed by atoms with E-state index in [1.165, 1.54) is 11.8 Å². The summed E-state index contributed by atoms with van der Waals surface area (Å²) in [4.78, 5) is 40.4. The number of carbonyl (C=O) groups excluding carboxylic acids is 2. The lowest BCUT2D eigenvalue weighted by molar-refractivity contribution is -0.134. The van der Waals surface area contributed by atoms with Crippen LogP contribution >= 0.6 is 0 Å². The van der Waals surface area contributed by atoms with Crippen LogP contribution < -0.4 is 15.5 Å². The van der Waals surface area contributed by atoms with Crippen molar-refractivity contribution in [1.29, 1.82) is 0 Å². The van der Waals surface area contributed by atoms with Gasteiger partial charge in [-0.05, 0) is 68.5 Å². The van der Waals surface area contributed by atoms with Crippen LogP contribution in [0.4, 0.5) is 26.0 Å². The summed E-state index contributed by atoms with van der Waals surface area (Å²) >= 11 is 0. The SMILES string of the molecule is Cc1cc(-c2cnc(Nc3cnn([C@@H]4CCCN(CCN5CCN(c6ccc(C7CCC(=O)NC7=O)cc6)CC5)CC4)c3)c3nccn23)c(F)cc1F. The van der Waals surface area contributed by atoms with Crippen LogP contribution in [0.15, 0.2) is 67.4 Å². The summed E-state index contributed by atoms with van der Waals surface area (Å²) in [6.45, 7) is 9.75. The molecular formula is C39H44F2N10O2. The normalized spacial score (nSPS) is 20.5. The van der Waals surface area contributed by atoms with E-state index < -0.39 is 11.6 Å². The number of rotatable bonds is 9. The van der Waals surface area contributed by atoms with Crippen LogP contribution in [0.1, 0.15) is 55.2 Å². The molecule has 3 aliphatic rings. The first kappa shape index (κ1) is 34.9. The monoisotopic (exact) mass is 722 g/mol. The Morgan fingerprint density at radius 3 is 2.47 bits per heavy atom. The standard InChI is InChI=1S/C39H44F2N10O2/c1-26-21-32(34(41)22-33(26)40)35-24-43-37(38-42-11-14-50(35)38)45-28-23-44-51(25-28)30-3-2-12-47(13-10-30)15-16-48-17-19-49(20-18-48)29-6-4-27(5-7-29)31-8-9-36(52)46-39(31)53/h4-7,11,14,21-25,30-31H,2-3,8-10,12-13,15-20H2,1H3,(H,43,45)(H,46,52,53)/t30-,31?/m1/s1. The molecule has 0 saturated carbocycles. The molecule has 3 saturated heterocycles. The number of nitrogens with one attached hydrogen (secondary N) is 2. The number of carbonyl (C=O) groups is 2. The van der Waals surface area contributed by atoms with Crippen molar-refractivity contribution in [3.05, 3.63) is 90.1 Å². The van der Waals surface area contributed by atoms with Crippen molar-refractivity contribution in [1.82, 2.24) is 39.3 Å². The molecule has 2 amide bonds. The van der Waals surface area contributed by atoms with E-state index in [4.69, 9.17) is 5.10 Å². The fraction of sp³-hybridized carbons (Fsp3) is 0.410. The van der Waals surface area contributed by atoms with E-state index in [-0.39, 0.29) is 23.3 Å². The Bertz CT molecular complexity index is 2110. The molecule has 2 N–H and O–H groups in total. The van der Waals surface area contributed by atoms with Gasteiger partial charge in [0.2, 0.25) is 11.8 Å². The van der Waals surface area contributed by atoms with E-state index in [9.17, 15) is 18.4 Å². The molecule has 12 nitrogen and oxygen atoms in total. The van der Waals surface area contributed by atoms with Gasteiger partial charge in [-0.2, -0.15) is 5.10 Å². The summed E-state index contributed by atoms with van der Waals surface area (Å²) in [5, 5.41) is 10.5. The van der Waals surface area contributed by atoms with Gasteiger partial charge in [0.05, 0.1) is 35.7 Å². The van der Waals surface area contributed by atoms with Crippen molar-refractivity contribution in [2.45, 2.75) is 51.0 Å². The van der Waals surface area contributed by atoms with Crippen molar-refractivity contribution in [2.24, 2.45) is 0 Å². The highest BCUT2D eigenvalue weighted by Gasteiger charge is 2.28. The number of hydrogen-bond acceptors (Lipinski definition) is 9. The molecule has 2 aromatic carbocycles. The highest BCUT2D eigenvalue weighted by Crippen LogP contribution is 2.31. The Kier molecular flexibility index (Phi) is 9.88. The summed E-state index contributed by atoms with van der Waals surface area (Å²) in [6, 6.07) is 11.0. The Labute approximate surface area is 306 Å². The molecule has 2 atom stereocenters. The first-order chi connectivity index (χ1) is 25.8. The summed E-state index contributed by atoms with van der Waals surface area (Å²) in [5.74, 6) is -1.34. The van der Waals surface area contributed by atoms with E-state index >= 15 is 0 Å². The van der Waals surface area contributed by atoms with Crippen molar-refractivity contribution < 1.29 is 18.4 Å². The first-order valence-electron chi connectivity index (χ1n) is 18.5. The summed E-state index contributed by atoms with van der Waals surface area (Å²) in [5.41, 5.74) is 4.57. The number of anilines is 3. The van der Waals surface area contributed by atoms with Crippen LogP contribution in [-0.2, 0) is 9.59 Å². The zero-order valence-corrected chi connectivity index (χ0v) is 29.8. The highest BCUT2D eigenvalue weighted by molar-refractivity contribution is 6.01. The van der Waals surface area contributed by atoms with Gasteiger partial charge in [0, 0.05) is 88.1 Å². The maximum absolute atomic E-state index is 14.7. The average molecular weight is 723 g/mol. The van der Waals surface area contributed by atoms with Gasteiger partial charge in [-0.3, -0.25) is 28.9 Å². The van der Waals surface area contributed by atoms with Crippen LogP contribution in [0.25, 0.3) is 16.9 Å². The molecule has 0 spiro atoms. The number of aromatic nitrogens is 5. The number of hydrogen-bond donors (Lipinski definition) is 2. The molecule has 53 heavy (non-hydrogen) atoms. The molecule has 1 unspecified atom stereocenters. The Balaban J connectivity index is 0.812. The quantitative estimate of drug-likeness (QED) is 0.196. The molecule has 8 rings (SSSR count). The Morgan fingerprint density at radius 1 is 0.887 bits per heavy atom. The predicted molar refractivity (Wildman–Crippen MR) is 198 cm³/mol. The number of imidazole rings is 1. The van der Waals surface area contributed by atoms with E-state index in [2.05, 4.69) is 52.1 Å². The van der Waals surface area contributed by atoms with E-state index in [0.717, 1.165) is 88.9 Å². The van der Waals surface area contributed by atoms with Crippen molar-refractivity contribution in [2.75, 3.05) is 62.6 Å². The summed E-state index contributed by atoms with van der Waals surface area (Å²) in [7, 11) is 0. The Hall–Kier alpha value is -5.21. The minimum atomic E-state index is -0.652. The van der Waals surface area contributed by atoms with E-state index in [1.807, 2.05) is 18.3 Å². The fourth-order valence-electron chi connectivity index (χ4n) is 7.87. The lowest BCUT2D eigenvalue weighted by atomic mass is 9.90. The van der Waals surface area contributed by atoms with E-state index in [1.54, 1.807) is 36.1 Å². The molecule has 14 heteroatoms.